The molecule has 16 nitrogen and oxygen atoms in total. The lowest BCUT2D eigenvalue weighted by molar-refractivity contribution is -0.199. The van der Waals surface area contributed by atoms with Crippen molar-refractivity contribution in [2.45, 2.75) is 96.7 Å². The van der Waals surface area contributed by atoms with Crippen LogP contribution in [0.4, 0.5) is 13.6 Å². The van der Waals surface area contributed by atoms with Gasteiger partial charge in [0.15, 0.2) is 11.9 Å². The molecule has 0 radical (unpaired) electrons. The van der Waals surface area contributed by atoms with Crippen molar-refractivity contribution >= 4 is 36.8 Å². The Bertz CT molecular complexity index is 2300. The third-order valence-corrected chi connectivity index (χ3v) is 12.9. The first-order chi connectivity index (χ1) is 30.2. The third-order valence-electron chi connectivity index (χ3n) is 12.9. The van der Waals surface area contributed by atoms with E-state index in [1.54, 1.807) is 20.8 Å². The van der Waals surface area contributed by atoms with Crippen LogP contribution in [0.25, 0.3) is 0 Å². The second-order valence-corrected chi connectivity index (χ2v) is 18.5. The normalized spacial score (nSPS) is 23.4. The number of amides is 5. The molecule has 3 aromatic rings. The molecule has 3 saturated carbocycles. The number of nitrogens with two attached hydrogens (primary N) is 1. The van der Waals surface area contributed by atoms with Crippen LogP contribution < -0.4 is 25.8 Å². The maximum atomic E-state index is 16.3. The molecule has 4 N–H and O–H groups in total. The maximum absolute atomic E-state index is 16.3. The van der Waals surface area contributed by atoms with E-state index in [1.165, 1.54) is 24.3 Å². The van der Waals surface area contributed by atoms with Crippen molar-refractivity contribution in [2.75, 3.05) is 33.3 Å². The Morgan fingerprint density at radius 1 is 1.02 bits per heavy atom. The van der Waals surface area contributed by atoms with Crippen LogP contribution in [0.3, 0.4) is 0 Å². The van der Waals surface area contributed by atoms with Gasteiger partial charge >= 0.3 is 30.9 Å². The van der Waals surface area contributed by atoms with Crippen LogP contribution in [0, 0.1) is 28.9 Å². The summed E-state index contributed by atoms with van der Waals surface area (Å²) in [6.45, 7) is 11.3. The number of piperazine rings is 1. The molecule has 2 aliphatic heterocycles. The molecule has 6 atom stereocenters. The molecular formula is C45H55BF2N6O10. The van der Waals surface area contributed by atoms with Gasteiger partial charge in [-0.25, -0.2) is 18.4 Å². The number of pyridine rings is 1. The fraction of sp³-hybridized carbons (Fsp3) is 0.511. The van der Waals surface area contributed by atoms with Crippen LogP contribution >= 0.6 is 0 Å². The van der Waals surface area contributed by atoms with E-state index in [0.717, 1.165) is 24.1 Å². The van der Waals surface area contributed by atoms with E-state index in [-0.39, 0.29) is 73.7 Å². The largest absolute Gasteiger partial charge is 0.495 e. The molecule has 5 fully saturated rings. The van der Waals surface area contributed by atoms with Crippen molar-refractivity contribution in [1.29, 1.82) is 0 Å². The molecular weight excluding hydrogens is 833 g/mol. The zero-order valence-electron chi connectivity index (χ0n) is 37.1. The van der Waals surface area contributed by atoms with Gasteiger partial charge in [0.2, 0.25) is 5.91 Å². The number of esters is 1. The average molecular weight is 889 g/mol. The molecule has 2 aromatic carbocycles. The highest BCUT2D eigenvalue weighted by Gasteiger charge is 2.68. The van der Waals surface area contributed by atoms with Crippen molar-refractivity contribution < 1.29 is 56.3 Å². The lowest BCUT2D eigenvalue weighted by atomic mass is 9.43. The number of carbonyl (C=O) groups is 5. The highest BCUT2D eigenvalue weighted by atomic mass is 19.1. The van der Waals surface area contributed by atoms with E-state index in [4.69, 9.17) is 29.3 Å². The molecule has 8 rings (SSSR count). The van der Waals surface area contributed by atoms with Gasteiger partial charge in [-0.1, -0.05) is 50.2 Å². The molecule has 5 aliphatic rings. The van der Waals surface area contributed by atoms with Crippen LogP contribution in [0.15, 0.2) is 54.7 Å². The minimum atomic E-state index is -1.92. The van der Waals surface area contributed by atoms with Crippen LogP contribution in [0.5, 0.6) is 11.5 Å². The Kier molecular flexibility index (Phi) is 13.1. The smallest absolute Gasteiger partial charge is 0.482 e. The van der Waals surface area contributed by atoms with Crippen LogP contribution in [0.1, 0.15) is 87.6 Å². The number of methoxy groups -OCH3 is 1. The van der Waals surface area contributed by atoms with Crippen LogP contribution in [0.2, 0.25) is 0 Å². The number of nitrogens with one attached hydrogen (secondary N) is 2. The van der Waals surface area contributed by atoms with E-state index in [9.17, 15) is 24.0 Å². The first-order valence-electron chi connectivity index (χ1n) is 21.4. The van der Waals surface area contributed by atoms with Gasteiger partial charge in [0.25, 0.3) is 0 Å². The summed E-state index contributed by atoms with van der Waals surface area (Å²) in [6.07, 6.45) is 2.26. The first-order valence-corrected chi connectivity index (χ1v) is 21.4. The molecule has 3 heterocycles. The molecule has 2 bridgehead atoms. The number of benzene rings is 2. The molecule has 2 saturated heterocycles. The van der Waals surface area contributed by atoms with Gasteiger partial charge in [-0.05, 0) is 81.4 Å². The Hall–Kier alpha value is -5.66. The van der Waals surface area contributed by atoms with Crippen molar-refractivity contribution in [2.24, 2.45) is 23.0 Å². The van der Waals surface area contributed by atoms with Crippen molar-refractivity contribution in [3.05, 3.63) is 88.7 Å². The quantitative estimate of drug-likeness (QED) is 0.118. The summed E-state index contributed by atoms with van der Waals surface area (Å²) in [5, 5.41) is 5.31. The SMILES string of the molecule is COc1c(CC(NC(=O)C(NC(=O)N2CCN(CCN)C(=O)C2=O)c2ncc(OCc3ccccc3)cc2F)B2O[C@@H]3C[C@@H]4C[C@@H](C4(C)C)[C@]3(C)O2)ccc(F)c1C(=O)OC(C)(C)C. The molecule has 2 unspecified atom stereocenters. The Morgan fingerprint density at radius 3 is 2.41 bits per heavy atom. The van der Waals surface area contributed by atoms with Gasteiger partial charge in [0, 0.05) is 32.2 Å². The van der Waals surface area contributed by atoms with Gasteiger partial charge in [0.05, 0.1) is 31.0 Å². The van der Waals surface area contributed by atoms with Gasteiger partial charge in [-0.2, -0.15) is 0 Å². The van der Waals surface area contributed by atoms with Gasteiger partial charge in [0.1, 0.15) is 40.8 Å². The number of aromatic nitrogens is 1. The summed E-state index contributed by atoms with van der Waals surface area (Å²) >= 11 is 0. The summed E-state index contributed by atoms with van der Waals surface area (Å²) in [4.78, 5) is 74.3. The Labute approximate surface area is 371 Å². The van der Waals surface area contributed by atoms with Gasteiger partial charge < -0.3 is 44.8 Å². The molecule has 19 heteroatoms. The van der Waals surface area contributed by atoms with Crippen molar-refractivity contribution in [3.8, 4) is 11.5 Å². The monoisotopic (exact) mass is 888 g/mol. The topological polar surface area (TPSA) is 201 Å². The predicted molar refractivity (Wildman–Crippen MR) is 227 cm³/mol. The summed E-state index contributed by atoms with van der Waals surface area (Å²) < 4.78 is 62.1. The van der Waals surface area contributed by atoms with Crippen LogP contribution in [-0.4, -0.2) is 108 Å². The molecule has 5 amide bonds. The molecule has 1 aromatic heterocycles. The van der Waals surface area contributed by atoms with Crippen LogP contribution in [-0.2, 0) is 41.5 Å². The van der Waals surface area contributed by atoms with E-state index in [2.05, 4.69) is 29.5 Å². The second-order valence-electron chi connectivity index (χ2n) is 18.5. The lowest BCUT2D eigenvalue weighted by Gasteiger charge is -2.64. The number of urea groups is 1. The van der Waals surface area contributed by atoms with E-state index >= 15 is 8.78 Å². The van der Waals surface area contributed by atoms with Gasteiger partial charge in [-0.3, -0.25) is 24.3 Å². The average Bonchev–Trinajstić information content (AvgIpc) is 3.61. The number of hydrogen-bond donors (Lipinski definition) is 3. The highest BCUT2D eigenvalue weighted by Crippen LogP contribution is 2.65. The third kappa shape index (κ3) is 9.15. The van der Waals surface area contributed by atoms with Gasteiger partial charge in [-0.15, -0.1) is 0 Å². The summed E-state index contributed by atoms with van der Waals surface area (Å²) in [6, 6.07) is 9.54. The summed E-state index contributed by atoms with van der Waals surface area (Å²) in [5.74, 6) is -6.84. The minimum Gasteiger partial charge on any atom is -0.495 e. The second kappa shape index (κ2) is 18.1. The lowest BCUT2D eigenvalue weighted by Crippen LogP contribution is -2.65. The van der Waals surface area contributed by atoms with Crippen molar-refractivity contribution in [1.82, 2.24) is 25.4 Å². The number of ether oxygens (including phenoxy) is 3. The van der Waals surface area contributed by atoms with E-state index in [0.29, 0.717) is 17.2 Å². The highest BCUT2D eigenvalue weighted by molar-refractivity contribution is 6.48. The fourth-order valence-corrected chi connectivity index (χ4v) is 9.46. The molecule has 0 spiro atoms. The fourth-order valence-electron chi connectivity index (χ4n) is 9.46. The maximum Gasteiger partial charge on any atom is 0.482 e. The Morgan fingerprint density at radius 2 is 1.75 bits per heavy atom. The number of carbonyl (C=O) groups excluding carboxylic acids is 5. The standard InChI is InChI=1S/C45H55BF2N6O10/c1-43(2,3)62-41(58)34-29(47)14-13-26(37(34)60-7)19-33(46-63-32-21-27-20-31(44(27,4)5)45(32,6)64-46)51-38(55)36(52-42(59)54-18-17-53(16-15-49)39(56)40(54)57)35-30(48)22-28(23-50-35)61-24-25-11-9-8-10-12-25/h8-14,22-23,27,31-33,36H,15-21,24,49H2,1-7H3,(H,51,55)(H,52,59)/t27-,31-,32+,33?,36?,45-/m0/s1. The Balaban J connectivity index is 1.24. The molecule has 342 valence electrons. The predicted octanol–water partition coefficient (Wildman–Crippen LogP) is 4.28. The van der Waals surface area contributed by atoms with E-state index < -0.39 is 82.9 Å². The minimum absolute atomic E-state index is 0.0199. The number of halogens is 2. The summed E-state index contributed by atoms with van der Waals surface area (Å²) in [5.41, 5.74) is 3.87. The van der Waals surface area contributed by atoms with Crippen molar-refractivity contribution in [3.63, 3.8) is 0 Å². The first kappa shape index (κ1) is 46.3. The summed E-state index contributed by atoms with van der Waals surface area (Å²) in [7, 11) is 0.120. The number of rotatable bonds is 14. The number of nitrogens with zero attached hydrogens (tertiary/aromatic N) is 3. The molecule has 3 aliphatic carbocycles. The number of hydrogen-bond acceptors (Lipinski definition) is 12. The number of imide groups is 1. The zero-order valence-corrected chi connectivity index (χ0v) is 37.1. The zero-order chi connectivity index (χ0) is 46.3. The molecule has 64 heavy (non-hydrogen) atoms. The van der Waals surface area contributed by atoms with E-state index in [1.807, 2.05) is 37.3 Å².